The van der Waals surface area contributed by atoms with Crippen LogP contribution in [0.15, 0.2) is 11.2 Å². The van der Waals surface area contributed by atoms with Crippen LogP contribution in [0.2, 0.25) is 5.28 Å². The summed E-state index contributed by atoms with van der Waals surface area (Å²) < 4.78 is 5.81. The van der Waals surface area contributed by atoms with Crippen molar-refractivity contribution in [3.8, 4) is 0 Å². The van der Waals surface area contributed by atoms with Gasteiger partial charge < -0.3 is 14.6 Å². The summed E-state index contributed by atoms with van der Waals surface area (Å²) in [5.74, 6) is 2.21. The minimum Gasteiger partial charge on any atom is -0.372 e. The van der Waals surface area contributed by atoms with Crippen LogP contribution < -0.4 is 0 Å². The molecule has 5 rings (SSSR count). The lowest BCUT2D eigenvalue weighted by atomic mass is 10.1. The molecule has 3 aliphatic rings. The minimum atomic E-state index is -0.0869. The summed E-state index contributed by atoms with van der Waals surface area (Å²) in [5.41, 5.74) is 3.75. The van der Waals surface area contributed by atoms with Crippen LogP contribution in [0.5, 0.6) is 0 Å². The molecule has 8 nitrogen and oxygen atoms in total. The van der Waals surface area contributed by atoms with E-state index in [9.17, 15) is 0 Å². The Morgan fingerprint density at radius 3 is 3.00 bits per heavy atom. The van der Waals surface area contributed by atoms with Crippen LogP contribution in [0.1, 0.15) is 66.2 Å². The van der Waals surface area contributed by atoms with Crippen molar-refractivity contribution >= 4 is 23.8 Å². The Labute approximate surface area is 167 Å². The van der Waals surface area contributed by atoms with Crippen LogP contribution in [0, 0.1) is 5.41 Å². The first-order valence-corrected chi connectivity index (χ1v) is 10.1. The second-order valence-electron chi connectivity index (χ2n) is 7.52. The van der Waals surface area contributed by atoms with Gasteiger partial charge in [0, 0.05) is 43.8 Å². The average molecular weight is 400 g/mol. The standard InChI is InChI=1S/C19H22ClN7O/c20-19-25-15(14-2-1-7-28-14)16(26-19)18(23-10-21)27-6-5-13-12(9-27)8-22-17(24-13)11-3-4-11/h8,10-11,14,21H,1-7,9H2,(H,25,26)/b21-10?,23-18+. The Balaban J connectivity index is 1.45. The van der Waals surface area contributed by atoms with Crippen molar-refractivity contribution in [1.29, 1.82) is 5.41 Å². The van der Waals surface area contributed by atoms with Crippen LogP contribution in [0.25, 0.3) is 0 Å². The second kappa shape index (κ2) is 7.25. The van der Waals surface area contributed by atoms with Gasteiger partial charge in [-0.15, -0.1) is 0 Å². The van der Waals surface area contributed by atoms with E-state index in [1.54, 1.807) is 0 Å². The molecule has 146 valence electrons. The molecule has 0 amide bonds. The predicted octanol–water partition coefficient (Wildman–Crippen LogP) is 2.99. The van der Waals surface area contributed by atoms with Gasteiger partial charge in [0.05, 0.1) is 11.4 Å². The molecule has 1 atom stereocenters. The molecular formula is C19H22ClN7O. The maximum atomic E-state index is 7.55. The maximum Gasteiger partial charge on any atom is 0.200 e. The molecule has 9 heteroatoms. The zero-order valence-corrected chi connectivity index (χ0v) is 16.2. The summed E-state index contributed by atoms with van der Waals surface area (Å²) in [6.07, 6.45) is 8.07. The first-order chi connectivity index (χ1) is 13.7. The van der Waals surface area contributed by atoms with Crippen molar-refractivity contribution in [2.45, 2.75) is 50.7 Å². The highest BCUT2D eigenvalue weighted by Crippen LogP contribution is 2.38. The molecule has 28 heavy (non-hydrogen) atoms. The van der Waals surface area contributed by atoms with E-state index in [2.05, 4.69) is 24.8 Å². The summed E-state index contributed by atoms with van der Waals surface area (Å²) in [5, 5.41) is 7.87. The first kappa shape index (κ1) is 17.8. The normalized spacial score (nSPS) is 22.4. The highest BCUT2D eigenvalue weighted by atomic mass is 35.5. The summed E-state index contributed by atoms with van der Waals surface area (Å²) in [4.78, 5) is 23.4. The van der Waals surface area contributed by atoms with E-state index >= 15 is 0 Å². The number of nitrogens with zero attached hydrogens (tertiary/aromatic N) is 5. The predicted molar refractivity (Wildman–Crippen MR) is 105 cm³/mol. The number of imidazole rings is 1. The van der Waals surface area contributed by atoms with E-state index in [1.165, 1.54) is 12.8 Å². The number of aromatic nitrogens is 4. The number of hydrogen-bond acceptors (Lipinski definition) is 5. The van der Waals surface area contributed by atoms with Crippen molar-refractivity contribution in [3.63, 3.8) is 0 Å². The molecule has 2 aromatic heterocycles. The summed E-state index contributed by atoms with van der Waals surface area (Å²) in [6, 6.07) is 0. The molecule has 1 aliphatic carbocycles. The number of hydrogen-bond donors (Lipinski definition) is 2. The van der Waals surface area contributed by atoms with Gasteiger partial charge >= 0.3 is 0 Å². The SMILES string of the molecule is N=C/N=C(\c1[nH]c(Cl)nc1C1CCCO1)N1CCc2nc(C3CC3)ncc2C1. The lowest BCUT2D eigenvalue weighted by Crippen LogP contribution is -2.38. The van der Waals surface area contributed by atoms with Crippen LogP contribution in [-0.2, 0) is 17.7 Å². The Morgan fingerprint density at radius 1 is 1.36 bits per heavy atom. The van der Waals surface area contributed by atoms with Gasteiger partial charge in [0.25, 0.3) is 0 Å². The fourth-order valence-corrected chi connectivity index (χ4v) is 4.16. The van der Waals surface area contributed by atoms with Gasteiger partial charge in [0.15, 0.2) is 5.84 Å². The lowest BCUT2D eigenvalue weighted by molar-refractivity contribution is 0.108. The third-order valence-electron chi connectivity index (χ3n) is 5.54. The number of ether oxygens (including phenoxy) is 1. The average Bonchev–Trinajstić information content (AvgIpc) is 3.28. The van der Waals surface area contributed by atoms with Gasteiger partial charge in [0.2, 0.25) is 5.28 Å². The number of amidine groups is 1. The fourth-order valence-electron chi connectivity index (χ4n) is 3.97. The van der Waals surface area contributed by atoms with Crippen molar-refractivity contribution in [2.24, 2.45) is 4.99 Å². The number of fused-ring (bicyclic) bond motifs is 1. The van der Waals surface area contributed by atoms with Gasteiger partial charge in [-0.3, -0.25) is 5.41 Å². The number of H-pyrrole nitrogens is 1. The number of aliphatic imine (C=N–C) groups is 1. The molecule has 1 saturated heterocycles. The molecule has 1 unspecified atom stereocenters. The zero-order valence-electron chi connectivity index (χ0n) is 15.5. The van der Waals surface area contributed by atoms with E-state index in [1.807, 2.05) is 6.20 Å². The Kier molecular flexibility index (Phi) is 4.60. The topological polar surface area (TPSA) is 103 Å². The van der Waals surface area contributed by atoms with Gasteiger partial charge in [0.1, 0.15) is 24.0 Å². The first-order valence-electron chi connectivity index (χ1n) is 9.76. The molecule has 4 heterocycles. The molecule has 2 N–H and O–H groups in total. The van der Waals surface area contributed by atoms with E-state index in [4.69, 9.17) is 26.7 Å². The molecule has 1 saturated carbocycles. The van der Waals surface area contributed by atoms with E-state index < -0.39 is 0 Å². The lowest BCUT2D eigenvalue weighted by Gasteiger charge is -2.30. The Bertz CT molecular complexity index is 930. The monoisotopic (exact) mass is 399 g/mol. The van der Waals surface area contributed by atoms with Crippen molar-refractivity contribution in [1.82, 2.24) is 24.8 Å². The van der Waals surface area contributed by atoms with Crippen LogP contribution in [0.3, 0.4) is 0 Å². The largest absolute Gasteiger partial charge is 0.372 e. The molecule has 2 aliphatic heterocycles. The number of halogens is 1. The highest BCUT2D eigenvalue weighted by molar-refractivity contribution is 6.28. The highest BCUT2D eigenvalue weighted by Gasteiger charge is 2.31. The second-order valence-corrected chi connectivity index (χ2v) is 7.88. The van der Waals surface area contributed by atoms with Crippen LogP contribution in [-0.4, -0.2) is 50.2 Å². The molecule has 0 bridgehead atoms. The zero-order chi connectivity index (χ0) is 19.1. The van der Waals surface area contributed by atoms with Crippen molar-refractivity contribution in [2.75, 3.05) is 13.2 Å². The van der Waals surface area contributed by atoms with Crippen molar-refractivity contribution in [3.05, 3.63) is 40.0 Å². The maximum absolute atomic E-state index is 7.55. The third-order valence-corrected chi connectivity index (χ3v) is 5.72. The van der Waals surface area contributed by atoms with E-state index in [-0.39, 0.29) is 6.10 Å². The summed E-state index contributed by atoms with van der Waals surface area (Å²) in [6.45, 7) is 2.14. The molecule has 0 aromatic carbocycles. The number of nitrogens with one attached hydrogen (secondary N) is 2. The Morgan fingerprint density at radius 2 is 2.25 bits per heavy atom. The number of rotatable bonds is 4. The van der Waals surface area contributed by atoms with E-state index in [0.717, 1.165) is 67.2 Å². The Hall–Kier alpha value is -2.32. The number of aromatic amines is 1. The van der Waals surface area contributed by atoms with Gasteiger partial charge in [-0.1, -0.05) is 0 Å². The molecule has 2 aromatic rings. The van der Waals surface area contributed by atoms with Gasteiger partial charge in [-0.05, 0) is 37.3 Å². The van der Waals surface area contributed by atoms with Gasteiger partial charge in [-0.25, -0.2) is 19.9 Å². The molecule has 0 spiro atoms. The molecule has 0 radical (unpaired) electrons. The molecule has 2 fully saturated rings. The summed E-state index contributed by atoms with van der Waals surface area (Å²) >= 11 is 6.19. The quantitative estimate of drug-likeness (QED) is 0.607. The minimum absolute atomic E-state index is 0.0869. The van der Waals surface area contributed by atoms with Crippen LogP contribution in [0.4, 0.5) is 0 Å². The van der Waals surface area contributed by atoms with E-state index in [0.29, 0.717) is 23.6 Å². The smallest absolute Gasteiger partial charge is 0.200 e. The fraction of sp³-hybridized carbons (Fsp3) is 0.526. The molecular weight excluding hydrogens is 378 g/mol. The van der Waals surface area contributed by atoms with Crippen LogP contribution >= 0.6 is 11.6 Å². The van der Waals surface area contributed by atoms with Gasteiger partial charge in [-0.2, -0.15) is 0 Å². The third kappa shape index (κ3) is 3.31. The summed E-state index contributed by atoms with van der Waals surface area (Å²) in [7, 11) is 0. The van der Waals surface area contributed by atoms with Crippen molar-refractivity contribution < 1.29 is 4.74 Å².